The fourth-order valence-electron chi connectivity index (χ4n) is 0.715. The van der Waals surface area contributed by atoms with Crippen molar-refractivity contribution in [3.8, 4) is 11.6 Å². The van der Waals surface area contributed by atoms with Gasteiger partial charge in [0.15, 0.2) is 12.1 Å². The molecule has 12 heavy (non-hydrogen) atoms. The Bertz CT molecular complexity index is 357. The second-order valence-corrected chi connectivity index (χ2v) is 2.73. The van der Waals surface area contributed by atoms with Crippen LogP contribution in [0, 0.1) is 0 Å². The van der Waals surface area contributed by atoms with E-state index in [1.807, 2.05) is 6.26 Å². The molecule has 0 aliphatic rings. The first-order valence-electron chi connectivity index (χ1n) is 3.16. The molecule has 0 aromatic carbocycles. The molecule has 6 heteroatoms. The molecular weight excluding hydrogens is 178 g/mol. The van der Waals surface area contributed by atoms with Crippen molar-refractivity contribution in [2.24, 2.45) is 0 Å². The molecule has 0 unspecified atom stereocenters. The molecule has 2 heterocycles. The van der Waals surface area contributed by atoms with Crippen LogP contribution in [-0.2, 0) is 0 Å². The van der Waals surface area contributed by atoms with E-state index in [4.69, 9.17) is 8.94 Å². The number of rotatable bonds is 2. The minimum absolute atomic E-state index is 0.383. The van der Waals surface area contributed by atoms with E-state index >= 15 is 0 Å². The Morgan fingerprint density at radius 1 is 1.50 bits per heavy atom. The van der Waals surface area contributed by atoms with Gasteiger partial charge in [0.1, 0.15) is 6.26 Å². The first kappa shape index (κ1) is 7.35. The highest BCUT2D eigenvalue weighted by Crippen LogP contribution is 2.17. The molecule has 2 aromatic rings. The summed E-state index contributed by atoms with van der Waals surface area (Å²) in [4.78, 5) is 7.90. The lowest BCUT2D eigenvalue weighted by Gasteiger charge is -1.79. The fourth-order valence-corrected chi connectivity index (χ4v) is 1.00. The molecule has 0 saturated heterocycles. The van der Waals surface area contributed by atoms with Gasteiger partial charge in [-0.05, 0) is 11.4 Å². The predicted molar refractivity (Wildman–Crippen MR) is 41.6 cm³/mol. The zero-order valence-corrected chi connectivity index (χ0v) is 7.04. The van der Waals surface area contributed by atoms with Gasteiger partial charge in [0, 0.05) is 0 Å². The van der Waals surface area contributed by atoms with Crippen molar-refractivity contribution in [1.29, 1.82) is 0 Å². The van der Waals surface area contributed by atoms with E-state index in [9.17, 15) is 0 Å². The molecule has 0 spiro atoms. The van der Waals surface area contributed by atoms with Gasteiger partial charge in [0.05, 0.1) is 0 Å². The van der Waals surface area contributed by atoms with E-state index < -0.39 is 0 Å². The van der Waals surface area contributed by atoms with Crippen LogP contribution in [0.4, 0.5) is 0 Å². The summed E-state index contributed by atoms with van der Waals surface area (Å²) in [6, 6.07) is 0. The summed E-state index contributed by atoms with van der Waals surface area (Å²) in [7, 11) is 0. The van der Waals surface area contributed by atoms with E-state index in [1.165, 1.54) is 24.4 Å². The molecule has 0 N–H and O–H groups in total. The first-order chi connectivity index (χ1) is 5.90. The summed E-state index contributed by atoms with van der Waals surface area (Å²) >= 11 is 1.41. The van der Waals surface area contributed by atoms with Crippen LogP contribution in [0.25, 0.3) is 11.6 Å². The Balaban J connectivity index is 2.35. The van der Waals surface area contributed by atoms with Gasteiger partial charge in [-0.3, -0.25) is 0 Å². The van der Waals surface area contributed by atoms with Crippen molar-refractivity contribution in [3.05, 3.63) is 12.7 Å². The van der Waals surface area contributed by atoms with Crippen LogP contribution >= 0.6 is 11.8 Å². The Labute approximate surface area is 72.2 Å². The molecular formula is C6H5N3O2S. The number of aromatic nitrogens is 3. The molecule has 0 saturated carbocycles. The van der Waals surface area contributed by atoms with Crippen LogP contribution in [-0.4, -0.2) is 21.4 Å². The average Bonchev–Trinajstić information content (AvgIpc) is 2.75. The normalized spacial score (nSPS) is 10.4. The first-order valence-corrected chi connectivity index (χ1v) is 4.39. The molecule has 5 nitrogen and oxygen atoms in total. The lowest BCUT2D eigenvalue weighted by Crippen LogP contribution is -1.75. The number of thioether (sulfide) groups is 1. The Kier molecular flexibility index (Phi) is 1.83. The van der Waals surface area contributed by atoms with Crippen LogP contribution in [0.15, 0.2) is 26.8 Å². The molecule has 2 aromatic heterocycles. The van der Waals surface area contributed by atoms with Gasteiger partial charge in [-0.1, -0.05) is 11.8 Å². The monoisotopic (exact) mass is 183 g/mol. The number of hydrogen-bond donors (Lipinski definition) is 0. The average molecular weight is 183 g/mol. The Hall–Kier alpha value is -1.30. The maximum atomic E-state index is 4.90. The summed E-state index contributed by atoms with van der Waals surface area (Å²) < 4.78 is 9.66. The van der Waals surface area contributed by atoms with Gasteiger partial charge in [0.25, 0.3) is 5.89 Å². The fraction of sp³-hybridized carbons (Fsp3) is 0.167. The number of oxazole rings is 1. The van der Waals surface area contributed by atoms with E-state index in [1.54, 1.807) is 0 Å². The van der Waals surface area contributed by atoms with Crippen molar-refractivity contribution >= 4 is 11.8 Å². The molecule has 0 atom stereocenters. The van der Waals surface area contributed by atoms with E-state index in [0.717, 1.165) is 0 Å². The number of hydrogen-bond acceptors (Lipinski definition) is 6. The van der Waals surface area contributed by atoms with Crippen molar-refractivity contribution in [2.75, 3.05) is 6.26 Å². The van der Waals surface area contributed by atoms with E-state index in [-0.39, 0.29) is 0 Å². The van der Waals surface area contributed by atoms with Gasteiger partial charge >= 0.3 is 0 Å². The lowest BCUT2D eigenvalue weighted by atomic mass is 10.5. The van der Waals surface area contributed by atoms with Gasteiger partial charge in [-0.25, -0.2) is 4.98 Å². The van der Waals surface area contributed by atoms with Crippen LogP contribution in [0.2, 0.25) is 0 Å². The van der Waals surface area contributed by atoms with Gasteiger partial charge in [-0.2, -0.15) is 4.98 Å². The second kappa shape index (κ2) is 2.98. The molecule has 0 fully saturated rings. The highest BCUT2D eigenvalue weighted by atomic mass is 32.2. The SMILES string of the molecule is CSc1noc(-c2cocn2)n1. The topological polar surface area (TPSA) is 65.0 Å². The van der Waals surface area contributed by atoms with Gasteiger partial charge in [0.2, 0.25) is 5.16 Å². The molecule has 0 radical (unpaired) electrons. The van der Waals surface area contributed by atoms with Gasteiger partial charge < -0.3 is 8.94 Å². The third-order valence-corrected chi connectivity index (χ3v) is 1.77. The molecule has 0 amide bonds. The summed E-state index contributed by atoms with van der Waals surface area (Å²) in [6.45, 7) is 0. The molecule has 0 aliphatic heterocycles. The third-order valence-electron chi connectivity index (χ3n) is 1.24. The van der Waals surface area contributed by atoms with Gasteiger partial charge in [-0.15, -0.1) is 0 Å². The smallest absolute Gasteiger partial charge is 0.280 e. The van der Waals surface area contributed by atoms with Crippen molar-refractivity contribution in [1.82, 2.24) is 15.1 Å². The van der Waals surface area contributed by atoms with Crippen molar-refractivity contribution < 1.29 is 8.94 Å². The zero-order valence-electron chi connectivity index (χ0n) is 6.22. The minimum Gasteiger partial charge on any atom is -0.451 e. The third kappa shape index (κ3) is 1.20. The highest BCUT2D eigenvalue weighted by molar-refractivity contribution is 7.98. The van der Waals surface area contributed by atoms with E-state index in [0.29, 0.717) is 16.7 Å². The lowest BCUT2D eigenvalue weighted by molar-refractivity contribution is 0.414. The maximum absolute atomic E-state index is 4.90. The summed E-state index contributed by atoms with van der Waals surface area (Å²) in [5, 5.41) is 4.28. The molecule has 0 bridgehead atoms. The summed E-state index contributed by atoms with van der Waals surface area (Å²) in [5.41, 5.74) is 0.558. The molecule has 0 aliphatic carbocycles. The summed E-state index contributed by atoms with van der Waals surface area (Å²) in [5.74, 6) is 0.383. The quantitative estimate of drug-likeness (QED) is 0.656. The standard InChI is InChI=1S/C6H5N3O2S/c1-12-6-8-5(11-9-6)4-2-10-3-7-4/h2-3H,1H3. The highest BCUT2D eigenvalue weighted by Gasteiger charge is 2.09. The van der Waals surface area contributed by atoms with Crippen molar-refractivity contribution in [2.45, 2.75) is 5.16 Å². The zero-order chi connectivity index (χ0) is 8.39. The predicted octanol–water partition coefficient (Wildman–Crippen LogP) is 1.45. The Morgan fingerprint density at radius 3 is 3.00 bits per heavy atom. The van der Waals surface area contributed by atoms with E-state index in [2.05, 4.69) is 15.1 Å². The minimum atomic E-state index is 0.383. The van der Waals surface area contributed by atoms with Crippen LogP contribution < -0.4 is 0 Å². The van der Waals surface area contributed by atoms with Crippen LogP contribution in [0.3, 0.4) is 0 Å². The molecule has 62 valence electrons. The number of nitrogens with zero attached hydrogens (tertiary/aromatic N) is 3. The summed E-state index contributed by atoms with van der Waals surface area (Å²) in [6.07, 6.45) is 4.65. The molecule has 2 rings (SSSR count). The van der Waals surface area contributed by atoms with Crippen LogP contribution in [0.1, 0.15) is 0 Å². The Morgan fingerprint density at radius 2 is 2.42 bits per heavy atom. The maximum Gasteiger partial charge on any atom is 0.280 e. The second-order valence-electron chi connectivity index (χ2n) is 1.96. The van der Waals surface area contributed by atoms with Crippen molar-refractivity contribution in [3.63, 3.8) is 0 Å². The largest absolute Gasteiger partial charge is 0.451 e. The van der Waals surface area contributed by atoms with Crippen LogP contribution in [0.5, 0.6) is 0 Å².